The van der Waals surface area contributed by atoms with Gasteiger partial charge in [0.2, 0.25) is 5.88 Å². The van der Waals surface area contributed by atoms with Gasteiger partial charge in [-0.15, -0.1) is 0 Å². The van der Waals surface area contributed by atoms with Crippen LogP contribution in [-0.2, 0) is 10.0 Å². The number of hydrogen-bond acceptors (Lipinski definition) is 7. The molecule has 0 radical (unpaired) electrons. The molecule has 4 aromatic rings. The second-order valence-corrected chi connectivity index (χ2v) is 9.98. The van der Waals surface area contributed by atoms with Crippen molar-refractivity contribution in [1.29, 1.82) is 0 Å². The van der Waals surface area contributed by atoms with Gasteiger partial charge in [-0.05, 0) is 42.5 Å². The van der Waals surface area contributed by atoms with Crippen LogP contribution in [0.25, 0.3) is 10.9 Å². The lowest BCUT2D eigenvalue weighted by molar-refractivity contribution is 0.0632. The molecule has 1 aliphatic heterocycles. The van der Waals surface area contributed by atoms with Crippen molar-refractivity contribution in [2.45, 2.75) is 4.90 Å². The molecule has 0 atom stereocenters. The van der Waals surface area contributed by atoms with E-state index in [0.29, 0.717) is 42.9 Å². The van der Waals surface area contributed by atoms with Gasteiger partial charge in [-0.3, -0.25) is 14.5 Å². The van der Waals surface area contributed by atoms with Gasteiger partial charge in [0.1, 0.15) is 4.90 Å². The Labute approximate surface area is 213 Å². The van der Waals surface area contributed by atoms with E-state index in [1.54, 1.807) is 77.8 Å². The first-order chi connectivity index (χ1) is 17.9. The van der Waals surface area contributed by atoms with Crippen molar-refractivity contribution in [2.75, 3.05) is 30.9 Å². The number of sulfonamides is 1. The first kappa shape index (κ1) is 24.2. The molecule has 0 spiro atoms. The molecule has 2 aromatic carbocycles. The SMILES string of the molecule is O=C(Oc1ccccn1)N1CCN(C(=O)c2ccc(NS(=O)(=O)c3cccc4cccnc34)cc2)CC1. The summed E-state index contributed by atoms with van der Waals surface area (Å²) in [6, 6.07) is 19.8. The number of rotatable bonds is 5. The maximum Gasteiger partial charge on any atom is 0.416 e. The fraction of sp³-hybridized carbons (Fsp3) is 0.154. The number of carbonyl (C=O) groups excluding carboxylic acids is 2. The van der Waals surface area contributed by atoms with E-state index in [4.69, 9.17) is 4.74 Å². The maximum absolute atomic E-state index is 13.0. The fourth-order valence-electron chi connectivity index (χ4n) is 4.02. The fourth-order valence-corrected chi connectivity index (χ4v) is 5.26. The third-order valence-corrected chi connectivity index (χ3v) is 7.34. The van der Waals surface area contributed by atoms with Crippen molar-refractivity contribution in [3.05, 3.63) is 90.8 Å². The number of piperazine rings is 1. The lowest BCUT2D eigenvalue weighted by Crippen LogP contribution is -2.51. The summed E-state index contributed by atoms with van der Waals surface area (Å²) in [6.07, 6.45) is 2.57. The van der Waals surface area contributed by atoms with Gasteiger partial charge in [0, 0.05) is 61.3 Å². The van der Waals surface area contributed by atoms with E-state index in [1.165, 1.54) is 17.2 Å². The van der Waals surface area contributed by atoms with Crippen molar-refractivity contribution in [1.82, 2.24) is 19.8 Å². The largest absolute Gasteiger partial charge is 0.416 e. The Morgan fingerprint density at radius 3 is 2.22 bits per heavy atom. The zero-order valence-corrected chi connectivity index (χ0v) is 20.5. The van der Waals surface area contributed by atoms with Crippen LogP contribution in [0.4, 0.5) is 10.5 Å². The molecular weight excluding hydrogens is 494 g/mol. The summed E-state index contributed by atoms with van der Waals surface area (Å²) in [4.78, 5) is 36.7. The monoisotopic (exact) mass is 517 g/mol. The number of carbonyl (C=O) groups is 2. The molecule has 11 heteroatoms. The van der Waals surface area contributed by atoms with Crippen molar-refractivity contribution in [3.8, 4) is 5.88 Å². The van der Waals surface area contributed by atoms with Gasteiger partial charge >= 0.3 is 6.09 Å². The molecule has 1 N–H and O–H groups in total. The van der Waals surface area contributed by atoms with E-state index in [2.05, 4.69) is 14.7 Å². The molecule has 1 fully saturated rings. The maximum atomic E-state index is 13.0. The van der Waals surface area contributed by atoms with Crippen LogP contribution in [0.5, 0.6) is 5.88 Å². The average molecular weight is 518 g/mol. The third-order valence-electron chi connectivity index (χ3n) is 5.92. The smallest absolute Gasteiger partial charge is 0.391 e. The number of ether oxygens (including phenoxy) is 1. The van der Waals surface area contributed by atoms with Gasteiger partial charge in [-0.1, -0.05) is 24.3 Å². The number of benzene rings is 2. The van der Waals surface area contributed by atoms with Crippen molar-refractivity contribution in [2.24, 2.45) is 0 Å². The summed E-state index contributed by atoms with van der Waals surface area (Å²) in [7, 11) is -3.89. The highest BCUT2D eigenvalue weighted by Crippen LogP contribution is 2.23. The molecule has 1 aliphatic rings. The molecule has 5 rings (SSSR count). The Morgan fingerprint density at radius 2 is 1.49 bits per heavy atom. The zero-order valence-electron chi connectivity index (χ0n) is 19.6. The minimum Gasteiger partial charge on any atom is -0.391 e. The van der Waals surface area contributed by atoms with Crippen LogP contribution in [0.1, 0.15) is 10.4 Å². The van der Waals surface area contributed by atoms with E-state index < -0.39 is 16.1 Å². The van der Waals surface area contributed by atoms with E-state index >= 15 is 0 Å². The zero-order chi connectivity index (χ0) is 25.8. The number of para-hydroxylation sites is 1. The number of anilines is 1. The molecule has 188 valence electrons. The van der Waals surface area contributed by atoms with Gasteiger partial charge < -0.3 is 14.5 Å². The van der Waals surface area contributed by atoms with Crippen LogP contribution in [0.3, 0.4) is 0 Å². The summed E-state index contributed by atoms with van der Waals surface area (Å²) in [6.45, 7) is 1.35. The Kier molecular flexibility index (Phi) is 6.69. The van der Waals surface area contributed by atoms with Gasteiger partial charge in [0.25, 0.3) is 15.9 Å². The Bertz CT molecular complexity index is 1530. The third kappa shape index (κ3) is 5.36. The van der Waals surface area contributed by atoms with Crippen LogP contribution in [-0.4, -0.2) is 66.4 Å². The van der Waals surface area contributed by atoms with E-state index in [9.17, 15) is 18.0 Å². The summed E-state index contributed by atoms with van der Waals surface area (Å²) in [5, 5.41) is 0.719. The minimum atomic E-state index is -3.89. The molecule has 0 aliphatic carbocycles. The first-order valence-electron chi connectivity index (χ1n) is 11.5. The highest BCUT2D eigenvalue weighted by atomic mass is 32.2. The number of aromatic nitrogens is 2. The number of amides is 2. The number of fused-ring (bicyclic) bond motifs is 1. The number of nitrogens with zero attached hydrogens (tertiary/aromatic N) is 4. The highest BCUT2D eigenvalue weighted by molar-refractivity contribution is 7.93. The van der Waals surface area contributed by atoms with E-state index in [0.717, 1.165) is 5.39 Å². The topological polar surface area (TPSA) is 122 Å². The van der Waals surface area contributed by atoms with Crippen molar-refractivity contribution >= 4 is 38.6 Å². The van der Waals surface area contributed by atoms with E-state index in [1.807, 2.05) is 0 Å². The van der Waals surface area contributed by atoms with Crippen molar-refractivity contribution < 1.29 is 22.7 Å². The molecule has 0 bridgehead atoms. The van der Waals surface area contributed by atoms with Crippen molar-refractivity contribution in [3.63, 3.8) is 0 Å². The van der Waals surface area contributed by atoms with Crippen LogP contribution in [0, 0.1) is 0 Å². The van der Waals surface area contributed by atoms with Gasteiger partial charge in [0.05, 0.1) is 5.52 Å². The van der Waals surface area contributed by atoms with Crippen LogP contribution in [0.2, 0.25) is 0 Å². The average Bonchev–Trinajstić information content (AvgIpc) is 2.93. The molecule has 2 amide bonds. The quantitative estimate of drug-likeness (QED) is 0.431. The molecular formula is C26H23N5O5S. The molecule has 1 saturated heterocycles. The standard InChI is InChI=1S/C26H23N5O5S/c32-25(30-15-17-31(18-16-30)26(33)36-23-8-1-2-13-27-23)20-9-11-21(12-10-20)29-37(34,35)22-7-3-5-19-6-4-14-28-24(19)22/h1-14,29H,15-18H2. The molecule has 10 nitrogen and oxygen atoms in total. The van der Waals surface area contributed by atoms with E-state index in [-0.39, 0.29) is 16.7 Å². The van der Waals surface area contributed by atoms with Gasteiger partial charge in [-0.25, -0.2) is 18.2 Å². The predicted octanol–water partition coefficient (Wildman–Crippen LogP) is 3.39. The lowest BCUT2D eigenvalue weighted by atomic mass is 10.1. The summed E-state index contributed by atoms with van der Waals surface area (Å²) < 4.78 is 33.8. The molecule has 3 heterocycles. The second-order valence-electron chi connectivity index (χ2n) is 8.33. The Morgan fingerprint density at radius 1 is 0.784 bits per heavy atom. The predicted molar refractivity (Wildman–Crippen MR) is 137 cm³/mol. The Balaban J connectivity index is 1.20. The number of nitrogens with one attached hydrogen (secondary N) is 1. The number of hydrogen-bond donors (Lipinski definition) is 1. The minimum absolute atomic E-state index is 0.0743. The lowest BCUT2D eigenvalue weighted by Gasteiger charge is -2.34. The number of pyridine rings is 2. The normalized spacial score (nSPS) is 13.8. The molecule has 37 heavy (non-hydrogen) atoms. The second kappa shape index (κ2) is 10.2. The Hall–Kier alpha value is -4.51. The molecule has 2 aromatic heterocycles. The first-order valence-corrected chi connectivity index (χ1v) is 13.0. The summed E-state index contributed by atoms with van der Waals surface area (Å²) in [5.74, 6) is 0.0174. The molecule has 0 unspecified atom stereocenters. The van der Waals surface area contributed by atoms with Crippen LogP contribution >= 0.6 is 0 Å². The molecule has 0 saturated carbocycles. The van der Waals surface area contributed by atoms with Gasteiger partial charge in [0.15, 0.2) is 0 Å². The summed E-state index contributed by atoms with van der Waals surface area (Å²) in [5.41, 5.74) is 1.12. The van der Waals surface area contributed by atoms with Crippen LogP contribution < -0.4 is 9.46 Å². The summed E-state index contributed by atoms with van der Waals surface area (Å²) >= 11 is 0. The van der Waals surface area contributed by atoms with Gasteiger partial charge in [-0.2, -0.15) is 0 Å². The van der Waals surface area contributed by atoms with Crippen LogP contribution in [0.15, 0.2) is 90.1 Å². The highest BCUT2D eigenvalue weighted by Gasteiger charge is 2.26.